The predicted octanol–water partition coefficient (Wildman–Crippen LogP) is 1.17. The summed E-state index contributed by atoms with van der Waals surface area (Å²) in [5.41, 5.74) is 1.79. The molecule has 0 saturated heterocycles. The maximum absolute atomic E-state index is 10.6. The second kappa shape index (κ2) is 3.29. The number of nitrogens with zero attached hydrogens (tertiary/aromatic N) is 2. The second-order valence-corrected chi connectivity index (χ2v) is 2.74. The van der Waals surface area contributed by atoms with Gasteiger partial charge in [0.25, 0.3) is 0 Å². The molecule has 5 heteroatoms. The van der Waals surface area contributed by atoms with Crippen LogP contribution in [0.3, 0.4) is 0 Å². The molecule has 14 heavy (non-hydrogen) atoms. The van der Waals surface area contributed by atoms with E-state index in [0.29, 0.717) is 5.69 Å². The topological polar surface area (TPSA) is 78.9 Å². The highest BCUT2D eigenvalue weighted by Crippen LogP contribution is 2.15. The third-order valence-corrected chi connectivity index (χ3v) is 1.84. The molecule has 0 saturated carbocycles. The summed E-state index contributed by atoms with van der Waals surface area (Å²) in [4.78, 5) is 10.6. The number of carboxylic acid groups (broad SMARTS) is 1. The van der Waals surface area contributed by atoms with Crippen molar-refractivity contribution in [1.29, 1.82) is 0 Å². The molecule has 0 fully saturated rings. The van der Waals surface area contributed by atoms with E-state index in [1.807, 2.05) is 0 Å². The lowest BCUT2D eigenvalue weighted by Gasteiger charge is -1.96. The van der Waals surface area contributed by atoms with Gasteiger partial charge in [0.2, 0.25) is 0 Å². The van der Waals surface area contributed by atoms with Crippen LogP contribution in [-0.4, -0.2) is 26.5 Å². The van der Waals surface area contributed by atoms with Crippen LogP contribution in [0.15, 0.2) is 30.5 Å². The van der Waals surface area contributed by atoms with E-state index in [4.69, 9.17) is 5.11 Å². The van der Waals surface area contributed by atoms with Crippen LogP contribution in [0, 0.1) is 0 Å². The van der Waals surface area contributed by atoms with Crippen LogP contribution in [0.4, 0.5) is 0 Å². The van der Waals surface area contributed by atoms with Crippen LogP contribution in [0.5, 0.6) is 0 Å². The van der Waals surface area contributed by atoms with E-state index in [9.17, 15) is 4.79 Å². The number of rotatable bonds is 2. The quantitative estimate of drug-likeness (QED) is 0.743. The third-order valence-electron chi connectivity index (χ3n) is 1.84. The highest BCUT2D eigenvalue weighted by Gasteiger charge is 2.03. The Balaban J connectivity index is 2.36. The van der Waals surface area contributed by atoms with E-state index in [0.717, 1.165) is 5.56 Å². The third kappa shape index (κ3) is 1.47. The zero-order valence-electron chi connectivity index (χ0n) is 7.14. The maximum Gasteiger partial charge on any atom is 0.335 e. The van der Waals surface area contributed by atoms with Gasteiger partial charge in [-0.05, 0) is 12.1 Å². The molecule has 0 unspecified atom stereocenters. The van der Waals surface area contributed by atoms with Crippen molar-refractivity contribution in [1.82, 2.24) is 15.4 Å². The van der Waals surface area contributed by atoms with Gasteiger partial charge >= 0.3 is 5.97 Å². The minimum Gasteiger partial charge on any atom is -0.478 e. The molecule has 2 rings (SSSR count). The predicted molar refractivity (Wildman–Crippen MR) is 48.8 cm³/mol. The van der Waals surface area contributed by atoms with Gasteiger partial charge in [-0.25, -0.2) is 4.79 Å². The number of hydrogen-bond acceptors (Lipinski definition) is 3. The molecule has 0 bridgehead atoms. The Morgan fingerprint density at radius 1 is 1.29 bits per heavy atom. The van der Waals surface area contributed by atoms with Crippen molar-refractivity contribution in [2.45, 2.75) is 0 Å². The summed E-state index contributed by atoms with van der Waals surface area (Å²) in [7, 11) is 0. The number of carbonyl (C=O) groups is 1. The number of hydrogen-bond donors (Lipinski definition) is 2. The standard InChI is InChI=1S/C9H7N3O2/c13-9(14)7-3-1-6(2-4-7)8-5-10-12-11-8/h1-5H,(H,13,14)(H,10,11,12). The summed E-state index contributed by atoms with van der Waals surface area (Å²) in [6, 6.07) is 6.46. The number of aromatic carboxylic acids is 1. The highest BCUT2D eigenvalue weighted by atomic mass is 16.4. The van der Waals surface area contributed by atoms with Crippen LogP contribution in [0.1, 0.15) is 10.4 Å². The van der Waals surface area contributed by atoms with Crippen LogP contribution < -0.4 is 0 Å². The van der Waals surface area contributed by atoms with E-state index in [1.165, 1.54) is 12.1 Å². The van der Waals surface area contributed by atoms with Crippen LogP contribution >= 0.6 is 0 Å². The van der Waals surface area contributed by atoms with Crippen molar-refractivity contribution in [2.24, 2.45) is 0 Å². The summed E-state index contributed by atoms with van der Waals surface area (Å²) in [5.74, 6) is -0.934. The molecular formula is C9H7N3O2. The SMILES string of the molecule is O=C(O)c1ccc(-c2cn[nH]n2)cc1. The zero-order valence-corrected chi connectivity index (χ0v) is 7.14. The largest absolute Gasteiger partial charge is 0.478 e. The van der Waals surface area contributed by atoms with Crippen molar-refractivity contribution in [3.8, 4) is 11.3 Å². The number of H-pyrrole nitrogens is 1. The van der Waals surface area contributed by atoms with Crippen LogP contribution in [0.25, 0.3) is 11.3 Å². The molecule has 0 aliphatic heterocycles. The van der Waals surface area contributed by atoms with E-state index in [-0.39, 0.29) is 5.56 Å². The smallest absolute Gasteiger partial charge is 0.335 e. The average molecular weight is 189 g/mol. The summed E-state index contributed by atoms with van der Waals surface area (Å²) >= 11 is 0. The molecule has 0 amide bonds. The molecule has 2 N–H and O–H groups in total. The fourth-order valence-electron chi connectivity index (χ4n) is 1.12. The van der Waals surface area contributed by atoms with E-state index in [2.05, 4.69) is 15.4 Å². The highest BCUT2D eigenvalue weighted by molar-refractivity contribution is 5.88. The van der Waals surface area contributed by atoms with Gasteiger partial charge in [-0.2, -0.15) is 15.4 Å². The Labute approximate surface area is 79.4 Å². The van der Waals surface area contributed by atoms with Crippen molar-refractivity contribution in [3.05, 3.63) is 36.0 Å². The van der Waals surface area contributed by atoms with Gasteiger partial charge in [-0.1, -0.05) is 12.1 Å². The van der Waals surface area contributed by atoms with Gasteiger partial charge in [0, 0.05) is 5.56 Å². The molecule has 1 aromatic heterocycles. The lowest BCUT2D eigenvalue weighted by Crippen LogP contribution is -1.94. The lowest BCUT2D eigenvalue weighted by atomic mass is 10.1. The number of benzene rings is 1. The molecule has 0 spiro atoms. The molecule has 1 heterocycles. The Morgan fingerprint density at radius 2 is 2.00 bits per heavy atom. The number of nitrogens with one attached hydrogen (secondary N) is 1. The average Bonchev–Trinajstić information content (AvgIpc) is 2.71. The first-order valence-electron chi connectivity index (χ1n) is 3.97. The Kier molecular flexibility index (Phi) is 1.98. The summed E-state index contributed by atoms with van der Waals surface area (Å²) < 4.78 is 0. The van der Waals surface area contributed by atoms with Crippen LogP contribution in [0.2, 0.25) is 0 Å². The summed E-state index contributed by atoms with van der Waals surface area (Å²) in [6.45, 7) is 0. The van der Waals surface area contributed by atoms with E-state index in [1.54, 1.807) is 18.3 Å². The van der Waals surface area contributed by atoms with Gasteiger partial charge in [-0.3, -0.25) is 0 Å². The monoisotopic (exact) mass is 189 g/mol. The Bertz CT molecular complexity index is 434. The molecule has 0 atom stereocenters. The molecule has 1 aromatic carbocycles. The fraction of sp³-hybridized carbons (Fsp3) is 0. The van der Waals surface area contributed by atoms with Gasteiger partial charge in [0.1, 0.15) is 5.69 Å². The van der Waals surface area contributed by atoms with Gasteiger partial charge in [0.15, 0.2) is 0 Å². The molecule has 5 nitrogen and oxygen atoms in total. The molecule has 0 radical (unpaired) electrons. The Hall–Kier alpha value is -2.17. The first kappa shape index (κ1) is 8.43. The van der Waals surface area contributed by atoms with Crippen molar-refractivity contribution < 1.29 is 9.90 Å². The van der Waals surface area contributed by atoms with E-state index >= 15 is 0 Å². The number of aromatic amines is 1. The fourth-order valence-corrected chi connectivity index (χ4v) is 1.12. The molecular weight excluding hydrogens is 182 g/mol. The number of carboxylic acids is 1. The molecule has 0 aliphatic carbocycles. The molecule has 70 valence electrons. The van der Waals surface area contributed by atoms with Crippen molar-refractivity contribution >= 4 is 5.97 Å². The first-order valence-corrected chi connectivity index (χ1v) is 3.97. The lowest BCUT2D eigenvalue weighted by molar-refractivity contribution is 0.0697. The minimum atomic E-state index is -0.934. The normalized spacial score (nSPS) is 10.0. The van der Waals surface area contributed by atoms with E-state index < -0.39 is 5.97 Å². The van der Waals surface area contributed by atoms with Gasteiger partial charge in [-0.15, -0.1) is 0 Å². The zero-order chi connectivity index (χ0) is 9.97. The van der Waals surface area contributed by atoms with Crippen molar-refractivity contribution in [3.63, 3.8) is 0 Å². The maximum atomic E-state index is 10.6. The first-order chi connectivity index (χ1) is 6.77. The summed E-state index contributed by atoms with van der Waals surface area (Å²) in [5, 5.41) is 18.7. The number of aromatic nitrogens is 3. The summed E-state index contributed by atoms with van der Waals surface area (Å²) in [6.07, 6.45) is 1.58. The minimum absolute atomic E-state index is 0.261. The van der Waals surface area contributed by atoms with Gasteiger partial charge < -0.3 is 5.11 Å². The second-order valence-electron chi connectivity index (χ2n) is 2.74. The van der Waals surface area contributed by atoms with Crippen molar-refractivity contribution in [2.75, 3.05) is 0 Å². The van der Waals surface area contributed by atoms with Gasteiger partial charge in [0.05, 0.1) is 11.8 Å². The molecule has 2 aromatic rings. The Morgan fingerprint density at radius 3 is 2.50 bits per heavy atom. The van der Waals surface area contributed by atoms with Crippen LogP contribution in [-0.2, 0) is 0 Å². The molecule has 0 aliphatic rings.